The molecule has 2 N–H and O–H groups in total. The van der Waals surface area contributed by atoms with Gasteiger partial charge in [-0.2, -0.15) is 0 Å². The number of rotatable bonds is 8. The highest BCUT2D eigenvalue weighted by Gasteiger charge is 2.14. The predicted molar refractivity (Wildman–Crippen MR) is 108 cm³/mol. The molecule has 0 aliphatic heterocycles. The number of sulfonamides is 1. The van der Waals surface area contributed by atoms with Gasteiger partial charge in [0.05, 0.1) is 4.90 Å². The van der Waals surface area contributed by atoms with E-state index in [0.717, 1.165) is 24.3 Å². The second-order valence-corrected chi connectivity index (χ2v) is 7.86. The van der Waals surface area contributed by atoms with Gasteiger partial charge >= 0.3 is 0 Å². The van der Waals surface area contributed by atoms with E-state index in [1.165, 1.54) is 0 Å². The lowest BCUT2D eigenvalue weighted by molar-refractivity contribution is -0.116. The summed E-state index contributed by atoms with van der Waals surface area (Å²) in [5.41, 5.74) is 0.566. The van der Waals surface area contributed by atoms with Crippen molar-refractivity contribution in [1.29, 1.82) is 0 Å². The molecule has 0 aromatic heterocycles. The Morgan fingerprint density at radius 1 is 0.862 bits per heavy atom. The van der Waals surface area contributed by atoms with Crippen LogP contribution in [0.2, 0.25) is 0 Å². The minimum atomic E-state index is -3.79. The molecule has 0 fully saturated rings. The summed E-state index contributed by atoms with van der Waals surface area (Å²) >= 11 is 0. The summed E-state index contributed by atoms with van der Waals surface area (Å²) < 4.78 is 45.1. The molecule has 0 saturated carbocycles. The van der Waals surface area contributed by atoms with Crippen molar-refractivity contribution in [3.63, 3.8) is 0 Å². The molecule has 8 heteroatoms. The Morgan fingerprint density at radius 3 is 2.14 bits per heavy atom. The van der Waals surface area contributed by atoms with Crippen molar-refractivity contribution < 1.29 is 22.3 Å². The van der Waals surface area contributed by atoms with E-state index in [2.05, 4.69) is 10.0 Å². The number of hydrogen-bond acceptors (Lipinski definition) is 4. The summed E-state index contributed by atoms with van der Waals surface area (Å²) in [7, 11) is -3.79. The molecule has 3 aromatic rings. The number of hydrogen-bond donors (Lipinski definition) is 2. The molecule has 0 radical (unpaired) electrons. The van der Waals surface area contributed by atoms with Crippen molar-refractivity contribution in [2.75, 3.05) is 11.9 Å². The maximum absolute atomic E-state index is 12.9. The van der Waals surface area contributed by atoms with Crippen molar-refractivity contribution in [2.24, 2.45) is 0 Å². The monoisotopic (exact) mass is 414 g/mol. The van der Waals surface area contributed by atoms with E-state index in [4.69, 9.17) is 4.74 Å². The Hall–Kier alpha value is -3.23. The van der Waals surface area contributed by atoms with Gasteiger partial charge in [-0.05, 0) is 60.7 Å². The zero-order valence-electron chi connectivity index (χ0n) is 15.3. The fourth-order valence-electron chi connectivity index (χ4n) is 2.45. The van der Waals surface area contributed by atoms with Gasteiger partial charge in [0, 0.05) is 18.7 Å². The summed E-state index contributed by atoms with van der Waals surface area (Å²) in [6.07, 6.45) is -0.0529. The van der Waals surface area contributed by atoms with Crippen molar-refractivity contribution in [2.45, 2.75) is 11.3 Å². The van der Waals surface area contributed by atoms with Crippen LogP contribution in [0.15, 0.2) is 83.8 Å². The number of halogens is 1. The first-order valence-corrected chi connectivity index (χ1v) is 10.3. The molecule has 0 bridgehead atoms. The van der Waals surface area contributed by atoms with E-state index in [0.29, 0.717) is 17.2 Å². The van der Waals surface area contributed by atoms with E-state index in [1.807, 2.05) is 30.3 Å². The molecule has 0 unspecified atom stereocenters. The third kappa shape index (κ3) is 6.13. The lowest BCUT2D eigenvalue weighted by Gasteiger charge is -2.09. The molecule has 1 amide bonds. The van der Waals surface area contributed by atoms with Crippen LogP contribution in [0.1, 0.15) is 6.42 Å². The molecular weight excluding hydrogens is 395 g/mol. The van der Waals surface area contributed by atoms with Gasteiger partial charge in [0.15, 0.2) is 0 Å². The number of nitrogens with one attached hydrogen (secondary N) is 2. The molecule has 3 aromatic carbocycles. The maximum Gasteiger partial charge on any atom is 0.240 e. The number of amides is 1. The molecule has 150 valence electrons. The number of ether oxygens (including phenoxy) is 1. The van der Waals surface area contributed by atoms with Gasteiger partial charge in [-0.15, -0.1) is 0 Å². The fraction of sp³-hybridized carbons (Fsp3) is 0.0952. The quantitative estimate of drug-likeness (QED) is 0.585. The SMILES string of the molecule is O=C(CCNS(=O)(=O)c1ccc(F)cc1)Nc1ccc(Oc2ccccc2)cc1. The van der Waals surface area contributed by atoms with Gasteiger partial charge in [-0.3, -0.25) is 4.79 Å². The van der Waals surface area contributed by atoms with Gasteiger partial charge in [0.2, 0.25) is 15.9 Å². The van der Waals surface area contributed by atoms with E-state index in [1.54, 1.807) is 24.3 Å². The summed E-state index contributed by atoms with van der Waals surface area (Å²) in [6, 6.07) is 20.6. The molecule has 0 atom stereocenters. The summed E-state index contributed by atoms with van der Waals surface area (Å²) in [5.74, 6) is 0.464. The molecule has 0 spiro atoms. The standard InChI is InChI=1S/C21H19FN2O4S/c22-16-6-12-20(13-7-16)29(26,27)23-15-14-21(25)24-17-8-10-19(11-9-17)28-18-4-2-1-3-5-18/h1-13,23H,14-15H2,(H,24,25). The Kier molecular flexibility index (Phi) is 6.58. The van der Waals surface area contributed by atoms with Crippen LogP contribution in [0.3, 0.4) is 0 Å². The predicted octanol–water partition coefficient (Wildman–Crippen LogP) is 3.93. The highest BCUT2D eigenvalue weighted by Crippen LogP contribution is 2.22. The summed E-state index contributed by atoms with van der Waals surface area (Å²) in [5, 5.41) is 2.69. The first kappa shape index (κ1) is 20.5. The Bertz CT molecular complexity index is 1050. The third-order valence-electron chi connectivity index (χ3n) is 3.89. The van der Waals surface area contributed by atoms with E-state index in [-0.39, 0.29) is 23.8 Å². The molecule has 3 rings (SSSR count). The zero-order chi connectivity index (χ0) is 20.7. The molecule has 29 heavy (non-hydrogen) atoms. The highest BCUT2D eigenvalue weighted by molar-refractivity contribution is 7.89. The number of carbonyl (C=O) groups is 1. The van der Waals surface area contributed by atoms with Gasteiger partial charge < -0.3 is 10.1 Å². The second kappa shape index (κ2) is 9.31. The number of benzene rings is 3. The minimum Gasteiger partial charge on any atom is -0.457 e. The van der Waals surface area contributed by atoms with Crippen LogP contribution in [0.25, 0.3) is 0 Å². The Balaban J connectivity index is 1.47. The van der Waals surface area contributed by atoms with E-state index >= 15 is 0 Å². The topological polar surface area (TPSA) is 84.5 Å². The second-order valence-electron chi connectivity index (χ2n) is 6.09. The van der Waals surface area contributed by atoms with Gasteiger partial charge in [-0.1, -0.05) is 18.2 Å². The summed E-state index contributed by atoms with van der Waals surface area (Å²) in [4.78, 5) is 12.0. The van der Waals surface area contributed by atoms with Crippen LogP contribution >= 0.6 is 0 Å². The number of carbonyl (C=O) groups excluding carboxylic acids is 1. The largest absolute Gasteiger partial charge is 0.457 e. The average Bonchev–Trinajstić information content (AvgIpc) is 2.70. The van der Waals surface area contributed by atoms with Crippen LogP contribution in [0.4, 0.5) is 10.1 Å². The van der Waals surface area contributed by atoms with Crippen LogP contribution in [0.5, 0.6) is 11.5 Å². The van der Waals surface area contributed by atoms with Gasteiger partial charge in [-0.25, -0.2) is 17.5 Å². The van der Waals surface area contributed by atoms with E-state index in [9.17, 15) is 17.6 Å². The first-order valence-electron chi connectivity index (χ1n) is 8.80. The maximum atomic E-state index is 12.9. The van der Waals surface area contributed by atoms with Crippen molar-refractivity contribution in [1.82, 2.24) is 4.72 Å². The van der Waals surface area contributed by atoms with Crippen molar-refractivity contribution >= 4 is 21.6 Å². The van der Waals surface area contributed by atoms with Crippen LogP contribution < -0.4 is 14.8 Å². The molecule has 6 nitrogen and oxygen atoms in total. The van der Waals surface area contributed by atoms with Crippen LogP contribution in [0, 0.1) is 5.82 Å². The molecule has 0 aliphatic rings. The van der Waals surface area contributed by atoms with Gasteiger partial charge in [0.1, 0.15) is 17.3 Å². The van der Waals surface area contributed by atoms with E-state index < -0.39 is 15.8 Å². The van der Waals surface area contributed by atoms with Crippen LogP contribution in [-0.2, 0) is 14.8 Å². The third-order valence-corrected chi connectivity index (χ3v) is 5.36. The highest BCUT2D eigenvalue weighted by atomic mass is 32.2. The lowest BCUT2D eigenvalue weighted by atomic mass is 10.3. The lowest BCUT2D eigenvalue weighted by Crippen LogP contribution is -2.27. The number of anilines is 1. The van der Waals surface area contributed by atoms with Crippen molar-refractivity contribution in [3.8, 4) is 11.5 Å². The number of para-hydroxylation sites is 1. The smallest absolute Gasteiger partial charge is 0.240 e. The Labute approximate surface area is 168 Å². The Morgan fingerprint density at radius 2 is 1.48 bits per heavy atom. The zero-order valence-corrected chi connectivity index (χ0v) is 16.2. The van der Waals surface area contributed by atoms with Crippen molar-refractivity contribution in [3.05, 3.63) is 84.7 Å². The normalized spacial score (nSPS) is 11.1. The van der Waals surface area contributed by atoms with Crippen LogP contribution in [-0.4, -0.2) is 20.9 Å². The molecule has 0 aliphatic carbocycles. The molecular formula is C21H19FN2O4S. The minimum absolute atomic E-state index is 0.0529. The first-order chi connectivity index (χ1) is 13.9. The fourth-order valence-corrected chi connectivity index (χ4v) is 3.48. The molecule has 0 heterocycles. The molecule has 0 saturated heterocycles. The van der Waals surface area contributed by atoms with Gasteiger partial charge in [0.25, 0.3) is 0 Å². The average molecular weight is 414 g/mol. The summed E-state index contributed by atoms with van der Waals surface area (Å²) in [6.45, 7) is -0.0826.